The van der Waals surface area contributed by atoms with Gasteiger partial charge in [-0.1, -0.05) is 12.1 Å². The fourth-order valence-electron chi connectivity index (χ4n) is 0.922. The van der Waals surface area contributed by atoms with Crippen molar-refractivity contribution in [2.75, 3.05) is 12.4 Å². The summed E-state index contributed by atoms with van der Waals surface area (Å²) in [6, 6.07) is 9.49. The van der Waals surface area contributed by atoms with Gasteiger partial charge in [0.25, 0.3) is 0 Å². The summed E-state index contributed by atoms with van der Waals surface area (Å²) in [6.07, 6.45) is 0.546. The summed E-state index contributed by atoms with van der Waals surface area (Å²) < 4.78 is 11.8. The Labute approximate surface area is 81.6 Å². The SMILES string of the molecule is N#Cc1ccccc1SCCCF. The minimum absolute atomic E-state index is 0.290. The molecule has 0 amide bonds. The Balaban J connectivity index is 2.60. The highest BCUT2D eigenvalue weighted by Crippen LogP contribution is 2.22. The lowest BCUT2D eigenvalue weighted by molar-refractivity contribution is 0.489. The third-order valence-corrected chi connectivity index (χ3v) is 2.70. The van der Waals surface area contributed by atoms with Crippen LogP contribution in [0.1, 0.15) is 12.0 Å². The summed E-state index contributed by atoms with van der Waals surface area (Å²) in [4.78, 5) is 0.943. The summed E-state index contributed by atoms with van der Waals surface area (Å²) >= 11 is 1.53. The van der Waals surface area contributed by atoms with Crippen LogP contribution in [0.15, 0.2) is 29.2 Å². The van der Waals surface area contributed by atoms with E-state index >= 15 is 0 Å². The van der Waals surface area contributed by atoms with Crippen molar-refractivity contribution in [2.45, 2.75) is 11.3 Å². The van der Waals surface area contributed by atoms with Crippen LogP contribution in [-0.4, -0.2) is 12.4 Å². The Hall–Kier alpha value is -1.01. The molecule has 0 bridgehead atoms. The number of rotatable bonds is 4. The first-order chi connectivity index (χ1) is 6.38. The summed E-state index contributed by atoms with van der Waals surface area (Å²) in [6.45, 7) is -0.290. The van der Waals surface area contributed by atoms with Gasteiger partial charge in [-0.15, -0.1) is 11.8 Å². The topological polar surface area (TPSA) is 23.8 Å². The molecule has 68 valence electrons. The number of nitrogens with zero attached hydrogens (tertiary/aromatic N) is 1. The molecular formula is C10H10FNS. The maximum atomic E-state index is 11.8. The van der Waals surface area contributed by atoms with Crippen LogP contribution in [0.25, 0.3) is 0 Å². The maximum absolute atomic E-state index is 11.8. The molecule has 0 unspecified atom stereocenters. The summed E-state index contributed by atoms with van der Waals surface area (Å²) in [5.74, 6) is 0.731. The average molecular weight is 195 g/mol. The molecule has 0 spiro atoms. The molecule has 0 N–H and O–H groups in total. The van der Waals surface area contributed by atoms with E-state index in [1.54, 1.807) is 6.07 Å². The molecule has 0 atom stereocenters. The van der Waals surface area contributed by atoms with Gasteiger partial charge < -0.3 is 0 Å². The van der Waals surface area contributed by atoms with Crippen molar-refractivity contribution in [1.82, 2.24) is 0 Å². The lowest BCUT2D eigenvalue weighted by Gasteiger charge is -2.00. The van der Waals surface area contributed by atoms with Crippen LogP contribution in [0.5, 0.6) is 0 Å². The lowest BCUT2D eigenvalue weighted by Crippen LogP contribution is -1.84. The number of alkyl halides is 1. The predicted molar refractivity (Wildman–Crippen MR) is 52.5 cm³/mol. The molecule has 1 nitrogen and oxygen atoms in total. The molecule has 3 heteroatoms. The van der Waals surface area contributed by atoms with Gasteiger partial charge in [-0.3, -0.25) is 4.39 Å². The van der Waals surface area contributed by atoms with E-state index in [1.165, 1.54) is 11.8 Å². The van der Waals surface area contributed by atoms with Crippen LogP contribution in [0.3, 0.4) is 0 Å². The monoisotopic (exact) mass is 195 g/mol. The first-order valence-corrected chi connectivity index (χ1v) is 5.05. The van der Waals surface area contributed by atoms with Crippen LogP contribution < -0.4 is 0 Å². The number of hydrogen-bond acceptors (Lipinski definition) is 2. The Bertz CT molecular complexity index is 306. The zero-order chi connectivity index (χ0) is 9.52. The third-order valence-electron chi connectivity index (χ3n) is 1.54. The van der Waals surface area contributed by atoms with Gasteiger partial charge in [-0.2, -0.15) is 5.26 Å². The first kappa shape index (κ1) is 10.1. The van der Waals surface area contributed by atoms with Crippen molar-refractivity contribution in [3.63, 3.8) is 0 Å². The summed E-state index contributed by atoms with van der Waals surface area (Å²) in [5.41, 5.74) is 0.673. The Morgan fingerprint density at radius 3 is 2.85 bits per heavy atom. The van der Waals surface area contributed by atoms with Crippen LogP contribution in [0.2, 0.25) is 0 Å². The van der Waals surface area contributed by atoms with Crippen molar-refractivity contribution in [3.05, 3.63) is 29.8 Å². The molecule has 1 aromatic carbocycles. The van der Waals surface area contributed by atoms with Gasteiger partial charge in [0.2, 0.25) is 0 Å². The van der Waals surface area contributed by atoms with Crippen molar-refractivity contribution >= 4 is 11.8 Å². The maximum Gasteiger partial charge on any atom is 0.100 e. The highest BCUT2D eigenvalue weighted by Gasteiger charge is 1.99. The Kier molecular flexibility index (Phi) is 4.34. The average Bonchev–Trinajstić information content (AvgIpc) is 2.19. The molecule has 0 aliphatic rings. The lowest BCUT2D eigenvalue weighted by atomic mass is 10.2. The molecule has 0 radical (unpaired) electrons. The first-order valence-electron chi connectivity index (χ1n) is 4.06. The van der Waals surface area contributed by atoms with E-state index in [4.69, 9.17) is 5.26 Å². The quantitative estimate of drug-likeness (QED) is 0.544. The summed E-state index contributed by atoms with van der Waals surface area (Å²) in [5, 5.41) is 8.74. The molecule has 0 aliphatic heterocycles. The third kappa shape index (κ3) is 3.08. The zero-order valence-electron chi connectivity index (χ0n) is 7.16. The standard InChI is InChI=1S/C10H10FNS/c11-6-3-7-13-10-5-2-1-4-9(10)8-12/h1-2,4-5H,3,6-7H2. The van der Waals surface area contributed by atoms with Gasteiger partial charge in [0.05, 0.1) is 12.2 Å². The molecular weight excluding hydrogens is 185 g/mol. The Morgan fingerprint density at radius 1 is 1.38 bits per heavy atom. The number of nitriles is 1. The highest BCUT2D eigenvalue weighted by atomic mass is 32.2. The van der Waals surface area contributed by atoms with Crippen molar-refractivity contribution in [1.29, 1.82) is 5.26 Å². The molecule has 0 saturated heterocycles. The Morgan fingerprint density at radius 2 is 2.15 bits per heavy atom. The number of benzene rings is 1. The minimum Gasteiger partial charge on any atom is -0.251 e. The molecule has 0 aliphatic carbocycles. The number of thioether (sulfide) groups is 1. The predicted octanol–water partition coefficient (Wildman–Crippen LogP) is 3.01. The summed E-state index contributed by atoms with van der Waals surface area (Å²) in [7, 11) is 0. The second-order valence-corrected chi connectivity index (χ2v) is 3.64. The molecule has 0 saturated carbocycles. The number of hydrogen-bond donors (Lipinski definition) is 0. The van der Waals surface area contributed by atoms with Gasteiger partial charge in [0, 0.05) is 10.6 Å². The fraction of sp³-hybridized carbons (Fsp3) is 0.300. The molecule has 1 aromatic rings. The van der Waals surface area contributed by atoms with Gasteiger partial charge in [0.15, 0.2) is 0 Å². The van der Waals surface area contributed by atoms with Gasteiger partial charge in [0.1, 0.15) is 6.07 Å². The van der Waals surface area contributed by atoms with E-state index in [0.717, 1.165) is 10.6 Å². The van der Waals surface area contributed by atoms with Crippen molar-refractivity contribution in [3.8, 4) is 6.07 Å². The van der Waals surface area contributed by atoms with Crippen LogP contribution >= 0.6 is 11.8 Å². The van der Waals surface area contributed by atoms with E-state index in [9.17, 15) is 4.39 Å². The van der Waals surface area contributed by atoms with Crippen LogP contribution in [0.4, 0.5) is 4.39 Å². The van der Waals surface area contributed by atoms with Crippen molar-refractivity contribution in [2.24, 2.45) is 0 Å². The molecule has 0 heterocycles. The van der Waals surface area contributed by atoms with E-state index < -0.39 is 0 Å². The number of halogens is 1. The second-order valence-electron chi connectivity index (χ2n) is 2.50. The largest absolute Gasteiger partial charge is 0.251 e. The second kappa shape index (κ2) is 5.60. The van der Waals surface area contributed by atoms with E-state index in [1.807, 2.05) is 18.2 Å². The van der Waals surface area contributed by atoms with Crippen LogP contribution in [-0.2, 0) is 0 Å². The minimum atomic E-state index is -0.290. The van der Waals surface area contributed by atoms with Gasteiger partial charge in [-0.25, -0.2) is 0 Å². The van der Waals surface area contributed by atoms with E-state index in [0.29, 0.717) is 12.0 Å². The van der Waals surface area contributed by atoms with E-state index in [2.05, 4.69) is 6.07 Å². The van der Waals surface area contributed by atoms with E-state index in [-0.39, 0.29) is 6.67 Å². The van der Waals surface area contributed by atoms with Crippen LogP contribution in [0, 0.1) is 11.3 Å². The van der Waals surface area contributed by atoms with Gasteiger partial charge in [-0.05, 0) is 18.6 Å². The molecule has 0 aromatic heterocycles. The molecule has 1 rings (SSSR count). The smallest absolute Gasteiger partial charge is 0.100 e. The van der Waals surface area contributed by atoms with Crippen molar-refractivity contribution < 1.29 is 4.39 Å². The molecule has 13 heavy (non-hydrogen) atoms. The highest BCUT2D eigenvalue weighted by molar-refractivity contribution is 7.99. The fourth-order valence-corrected chi connectivity index (χ4v) is 1.84. The van der Waals surface area contributed by atoms with Gasteiger partial charge >= 0.3 is 0 Å². The molecule has 0 fully saturated rings. The zero-order valence-corrected chi connectivity index (χ0v) is 7.98. The normalized spacial score (nSPS) is 9.54.